The molecule has 246 valence electrons. The monoisotopic (exact) mass is 618 g/mol. The van der Waals surface area contributed by atoms with Crippen molar-refractivity contribution in [3.8, 4) is 0 Å². The summed E-state index contributed by atoms with van der Waals surface area (Å²) >= 11 is 0. The molecule has 2 aliphatic carbocycles. The zero-order chi connectivity index (χ0) is 32.3. The minimum absolute atomic E-state index is 0.0438. The molecule has 1 heterocycles. The van der Waals surface area contributed by atoms with E-state index in [1.54, 1.807) is 0 Å². The SMILES string of the molecule is Cc1cc(C)c(N(/C=C\NC2CCCCC2N2c3ccccc3N(c3ccccc3)C2C(C)(C)C)C2CCCCCCC2)c(C)c1. The van der Waals surface area contributed by atoms with Crippen molar-refractivity contribution in [2.45, 2.75) is 136 Å². The van der Waals surface area contributed by atoms with Crippen molar-refractivity contribution >= 4 is 22.7 Å². The lowest BCUT2D eigenvalue weighted by molar-refractivity contribution is 0.256. The molecule has 2 saturated carbocycles. The third kappa shape index (κ3) is 6.82. The van der Waals surface area contributed by atoms with E-state index in [-0.39, 0.29) is 11.6 Å². The van der Waals surface area contributed by atoms with Crippen LogP contribution in [0.2, 0.25) is 0 Å². The number of rotatable bonds is 7. The van der Waals surface area contributed by atoms with Crippen molar-refractivity contribution in [1.29, 1.82) is 0 Å². The standard InChI is InChI=1S/C42H58N4/c1-31-29-32(2)40(33(3)30-31)44(34-19-11-8-7-9-12-20-34)28-27-43-36-23-15-16-24-37(36)46-39-26-18-17-25-38(39)45(41(46)42(4,5)6)35-21-13-10-14-22-35/h10,13-14,17-18,21-22,25-30,34,36-37,41,43H,7-9,11-12,15-16,19-20,23-24H2,1-6H3/b28-27-. The Morgan fingerprint density at radius 2 is 1.30 bits per heavy atom. The second-order valence-electron chi connectivity index (χ2n) is 15.4. The molecule has 3 aliphatic rings. The van der Waals surface area contributed by atoms with Crippen molar-refractivity contribution in [3.63, 3.8) is 0 Å². The Morgan fingerprint density at radius 1 is 0.717 bits per heavy atom. The Kier molecular flexibility index (Phi) is 10.0. The van der Waals surface area contributed by atoms with Gasteiger partial charge in [0.25, 0.3) is 0 Å². The maximum Gasteiger partial charge on any atom is 0.112 e. The van der Waals surface area contributed by atoms with Gasteiger partial charge in [0.2, 0.25) is 0 Å². The first-order chi connectivity index (χ1) is 22.2. The number of aryl methyl sites for hydroxylation is 3. The maximum atomic E-state index is 4.04. The Balaban J connectivity index is 1.32. The van der Waals surface area contributed by atoms with Gasteiger partial charge in [0.05, 0.1) is 17.4 Å². The van der Waals surface area contributed by atoms with Crippen LogP contribution in [0.15, 0.2) is 79.1 Å². The van der Waals surface area contributed by atoms with Crippen molar-refractivity contribution in [2.75, 3.05) is 14.7 Å². The third-order valence-corrected chi connectivity index (χ3v) is 10.7. The summed E-state index contributed by atoms with van der Waals surface area (Å²) in [5.74, 6) is 0. The first kappa shape index (κ1) is 32.5. The van der Waals surface area contributed by atoms with Gasteiger partial charge in [-0.25, -0.2) is 0 Å². The fraction of sp³-hybridized carbons (Fsp3) is 0.524. The van der Waals surface area contributed by atoms with Gasteiger partial charge in [0.15, 0.2) is 0 Å². The lowest BCUT2D eigenvalue weighted by Gasteiger charge is -2.48. The molecule has 0 bridgehead atoms. The molecular weight excluding hydrogens is 560 g/mol. The first-order valence-electron chi connectivity index (χ1n) is 18.2. The molecule has 6 rings (SSSR count). The summed E-state index contributed by atoms with van der Waals surface area (Å²) in [6.07, 6.45) is 19.3. The van der Waals surface area contributed by atoms with E-state index in [1.807, 2.05) is 0 Å². The molecule has 2 fully saturated rings. The minimum atomic E-state index is 0.0438. The number of hydrogen-bond acceptors (Lipinski definition) is 4. The molecule has 1 N–H and O–H groups in total. The molecule has 4 heteroatoms. The van der Waals surface area contributed by atoms with Crippen LogP contribution in [0, 0.1) is 26.2 Å². The number of anilines is 4. The Bertz CT molecular complexity index is 1440. The topological polar surface area (TPSA) is 21.8 Å². The van der Waals surface area contributed by atoms with Crippen LogP contribution in [-0.4, -0.2) is 24.3 Å². The zero-order valence-corrected chi connectivity index (χ0v) is 29.4. The van der Waals surface area contributed by atoms with Gasteiger partial charge in [0, 0.05) is 41.3 Å². The second-order valence-corrected chi connectivity index (χ2v) is 15.4. The predicted octanol–water partition coefficient (Wildman–Crippen LogP) is 10.9. The van der Waals surface area contributed by atoms with Crippen molar-refractivity contribution in [3.05, 3.63) is 95.8 Å². The van der Waals surface area contributed by atoms with Crippen LogP contribution in [0.3, 0.4) is 0 Å². The second kappa shape index (κ2) is 14.2. The highest BCUT2D eigenvalue weighted by Gasteiger charge is 2.48. The van der Waals surface area contributed by atoms with Crippen LogP contribution < -0.4 is 20.0 Å². The molecule has 3 atom stereocenters. The summed E-state index contributed by atoms with van der Waals surface area (Å²) in [4.78, 5) is 8.06. The van der Waals surface area contributed by atoms with Gasteiger partial charge < -0.3 is 20.0 Å². The molecule has 46 heavy (non-hydrogen) atoms. The van der Waals surface area contributed by atoms with Gasteiger partial charge in [0.1, 0.15) is 6.17 Å². The fourth-order valence-electron chi connectivity index (χ4n) is 8.86. The van der Waals surface area contributed by atoms with E-state index >= 15 is 0 Å². The molecule has 0 radical (unpaired) electrons. The number of hydrogen-bond donors (Lipinski definition) is 1. The highest BCUT2D eigenvalue weighted by molar-refractivity contribution is 5.84. The zero-order valence-electron chi connectivity index (χ0n) is 29.4. The molecule has 0 saturated heterocycles. The molecule has 1 aliphatic heterocycles. The number of fused-ring (bicyclic) bond motifs is 1. The Labute approximate surface area is 279 Å². The summed E-state index contributed by atoms with van der Waals surface area (Å²) < 4.78 is 0. The quantitative estimate of drug-likeness (QED) is 0.284. The molecule has 4 nitrogen and oxygen atoms in total. The molecule has 0 amide bonds. The van der Waals surface area contributed by atoms with Gasteiger partial charge in [-0.3, -0.25) is 0 Å². The van der Waals surface area contributed by atoms with Crippen LogP contribution in [0.4, 0.5) is 22.7 Å². The molecule has 3 unspecified atom stereocenters. The summed E-state index contributed by atoms with van der Waals surface area (Å²) in [7, 11) is 0. The minimum Gasteiger partial charge on any atom is -0.385 e. The molecular formula is C42H58N4. The van der Waals surface area contributed by atoms with E-state index < -0.39 is 0 Å². The van der Waals surface area contributed by atoms with Gasteiger partial charge in [-0.15, -0.1) is 0 Å². The van der Waals surface area contributed by atoms with Crippen molar-refractivity contribution < 1.29 is 0 Å². The molecule has 0 aromatic heterocycles. The number of benzene rings is 3. The highest BCUT2D eigenvalue weighted by atomic mass is 15.4. The van der Waals surface area contributed by atoms with Gasteiger partial charge in [-0.2, -0.15) is 0 Å². The lowest BCUT2D eigenvalue weighted by Crippen LogP contribution is -2.59. The van der Waals surface area contributed by atoms with Crippen LogP contribution in [-0.2, 0) is 0 Å². The van der Waals surface area contributed by atoms with Crippen molar-refractivity contribution in [1.82, 2.24) is 5.32 Å². The summed E-state index contributed by atoms with van der Waals surface area (Å²) in [6, 6.07) is 26.2. The van der Waals surface area contributed by atoms with Crippen LogP contribution >= 0.6 is 0 Å². The van der Waals surface area contributed by atoms with Gasteiger partial charge in [-0.05, 0) is 81.8 Å². The predicted molar refractivity (Wildman–Crippen MR) is 198 cm³/mol. The summed E-state index contributed by atoms with van der Waals surface area (Å²) in [6.45, 7) is 14.1. The van der Waals surface area contributed by atoms with E-state index in [9.17, 15) is 0 Å². The normalized spacial score (nSPS) is 22.9. The van der Waals surface area contributed by atoms with Crippen LogP contribution in [0.1, 0.15) is 108 Å². The Morgan fingerprint density at radius 3 is 1.98 bits per heavy atom. The third-order valence-electron chi connectivity index (χ3n) is 10.7. The molecule has 3 aromatic carbocycles. The highest BCUT2D eigenvalue weighted by Crippen LogP contribution is 2.51. The summed E-state index contributed by atoms with van der Waals surface area (Å²) in [5.41, 5.74) is 9.57. The number of nitrogens with one attached hydrogen (secondary N) is 1. The summed E-state index contributed by atoms with van der Waals surface area (Å²) in [5, 5.41) is 4.04. The van der Waals surface area contributed by atoms with E-state index in [1.165, 1.54) is 110 Å². The largest absolute Gasteiger partial charge is 0.385 e. The van der Waals surface area contributed by atoms with E-state index in [4.69, 9.17) is 0 Å². The number of nitrogens with zero attached hydrogens (tertiary/aromatic N) is 3. The first-order valence-corrected chi connectivity index (χ1v) is 18.2. The smallest absolute Gasteiger partial charge is 0.112 e. The van der Waals surface area contributed by atoms with Gasteiger partial charge >= 0.3 is 0 Å². The molecule has 0 spiro atoms. The molecule has 3 aromatic rings. The Hall–Kier alpha value is -3.40. The van der Waals surface area contributed by atoms with E-state index in [2.05, 4.69) is 141 Å². The number of para-hydroxylation sites is 3. The lowest BCUT2D eigenvalue weighted by atomic mass is 9.85. The fourth-order valence-corrected chi connectivity index (χ4v) is 8.86. The van der Waals surface area contributed by atoms with E-state index in [0.29, 0.717) is 18.1 Å². The van der Waals surface area contributed by atoms with Gasteiger partial charge in [-0.1, -0.05) is 114 Å². The van der Waals surface area contributed by atoms with Crippen molar-refractivity contribution in [2.24, 2.45) is 5.41 Å². The van der Waals surface area contributed by atoms with E-state index in [0.717, 1.165) is 0 Å². The van der Waals surface area contributed by atoms with Crippen LogP contribution in [0.25, 0.3) is 0 Å². The average Bonchev–Trinajstić information content (AvgIpc) is 3.37. The average molecular weight is 619 g/mol. The van der Waals surface area contributed by atoms with Crippen LogP contribution in [0.5, 0.6) is 0 Å². The maximum absolute atomic E-state index is 4.04.